The number of carbonyl (C=O) groups excluding carboxylic acids is 3. The van der Waals surface area contributed by atoms with E-state index >= 15 is 0 Å². The number of nitrogens with one attached hydrogen (secondary N) is 3. The minimum atomic E-state index is -5.19. The van der Waals surface area contributed by atoms with Crippen LogP contribution in [0.5, 0.6) is 0 Å². The van der Waals surface area contributed by atoms with Gasteiger partial charge in [0, 0.05) is 16.9 Å². The number of thioether (sulfide) groups is 2. The third-order valence-electron chi connectivity index (χ3n) is 5.98. The van der Waals surface area contributed by atoms with E-state index in [-0.39, 0.29) is 34.7 Å². The van der Waals surface area contributed by atoms with Crippen molar-refractivity contribution in [3.8, 4) is 0 Å². The molecule has 0 aliphatic carbocycles. The molecule has 1 unspecified atom stereocenters. The van der Waals surface area contributed by atoms with Gasteiger partial charge in [-0.15, -0.1) is 33.3 Å². The van der Waals surface area contributed by atoms with Gasteiger partial charge < -0.3 is 15.3 Å². The van der Waals surface area contributed by atoms with E-state index in [0.717, 1.165) is 34.2 Å². The fraction of sp³-hybridized carbons (Fsp3) is 0.261. The molecule has 0 saturated carbocycles. The predicted molar refractivity (Wildman–Crippen MR) is 149 cm³/mol. The number of rotatable bonds is 11. The smallest absolute Gasteiger partial charge is 0.471 e. The third kappa shape index (κ3) is 7.23. The number of alkyl halides is 3. The highest BCUT2D eigenvalue weighted by atomic mass is 32.2. The maximum absolute atomic E-state index is 13.3. The van der Waals surface area contributed by atoms with Gasteiger partial charge >= 0.3 is 18.1 Å². The molecule has 0 bridgehead atoms. The standard InChI is InChI=1S/C23H17F4N9O6S3/c24-11-3-1-9(2-4-11)5-42-33-13(12-8-45-21(28-12)30-20(41)23(25,26)27)16(37)29-14-17(38)36-15(19(39)40)10(6-43-18(14)36)7-44-22-31-34-35-32-22/h1-4,8,14,18H,5-7H2,(H,29,37)(H,39,40)(H,28,30,41)(H,31,32,34,35)/t14?,18-/m1/s1. The molecule has 236 valence electrons. The summed E-state index contributed by atoms with van der Waals surface area (Å²) in [4.78, 5) is 60.0. The summed E-state index contributed by atoms with van der Waals surface area (Å²) in [6.07, 6.45) is -5.19. The molecule has 0 spiro atoms. The Kier molecular flexibility index (Phi) is 9.34. The van der Waals surface area contributed by atoms with Crippen LogP contribution in [-0.2, 0) is 30.6 Å². The monoisotopic (exact) mass is 687 g/mol. The summed E-state index contributed by atoms with van der Waals surface area (Å²) in [7, 11) is 0. The maximum Gasteiger partial charge on any atom is 0.471 e. The summed E-state index contributed by atoms with van der Waals surface area (Å²) in [6, 6.07) is 3.91. The van der Waals surface area contributed by atoms with Crippen LogP contribution in [0, 0.1) is 5.82 Å². The molecule has 45 heavy (non-hydrogen) atoms. The first-order valence-electron chi connectivity index (χ1n) is 12.3. The van der Waals surface area contributed by atoms with E-state index in [9.17, 15) is 41.8 Å². The zero-order valence-electron chi connectivity index (χ0n) is 22.1. The normalized spacial score (nSPS) is 18.3. The van der Waals surface area contributed by atoms with E-state index < -0.39 is 57.9 Å². The van der Waals surface area contributed by atoms with Gasteiger partial charge in [-0.05, 0) is 28.5 Å². The van der Waals surface area contributed by atoms with Gasteiger partial charge in [-0.2, -0.15) is 18.4 Å². The number of anilines is 1. The molecular formula is C23H17F4N9O6S3. The number of hydrogen-bond donors (Lipinski definition) is 4. The number of tetrazole rings is 1. The van der Waals surface area contributed by atoms with Crippen LogP contribution >= 0.6 is 34.9 Å². The number of halogens is 4. The average molecular weight is 688 g/mol. The van der Waals surface area contributed by atoms with E-state index in [1.807, 2.05) is 0 Å². The topological polar surface area (TPSA) is 205 Å². The van der Waals surface area contributed by atoms with Crippen LogP contribution in [-0.4, -0.2) is 94.1 Å². The van der Waals surface area contributed by atoms with Crippen molar-refractivity contribution in [2.45, 2.75) is 29.4 Å². The van der Waals surface area contributed by atoms with E-state index in [0.29, 0.717) is 22.5 Å². The van der Waals surface area contributed by atoms with Crippen LogP contribution in [0.4, 0.5) is 22.7 Å². The van der Waals surface area contributed by atoms with Crippen LogP contribution < -0.4 is 10.6 Å². The van der Waals surface area contributed by atoms with E-state index in [2.05, 4.69) is 36.1 Å². The second kappa shape index (κ2) is 13.2. The number of benzene rings is 1. The van der Waals surface area contributed by atoms with Crippen molar-refractivity contribution in [3.05, 3.63) is 58.0 Å². The number of nitrogens with zero attached hydrogens (tertiary/aromatic N) is 6. The molecule has 2 atom stereocenters. The lowest BCUT2D eigenvalue weighted by Crippen LogP contribution is -2.71. The first-order chi connectivity index (χ1) is 21.4. The lowest BCUT2D eigenvalue weighted by Gasteiger charge is -2.49. The highest BCUT2D eigenvalue weighted by molar-refractivity contribution is 8.01. The molecule has 1 fully saturated rings. The van der Waals surface area contributed by atoms with E-state index in [1.54, 1.807) is 5.32 Å². The Hall–Kier alpha value is -4.57. The number of amides is 3. The molecule has 1 saturated heterocycles. The van der Waals surface area contributed by atoms with Gasteiger partial charge in [0.05, 0.1) is 0 Å². The number of aromatic amines is 1. The number of aromatic nitrogens is 5. The molecule has 5 rings (SSSR count). The molecule has 1 aromatic carbocycles. The maximum atomic E-state index is 13.3. The molecule has 0 radical (unpaired) electrons. The summed E-state index contributed by atoms with van der Waals surface area (Å²) in [5, 5.41) is 31.0. The van der Waals surface area contributed by atoms with Gasteiger partial charge in [0.2, 0.25) is 5.16 Å². The summed E-state index contributed by atoms with van der Waals surface area (Å²) in [5.74, 6) is -5.55. The third-order valence-corrected chi connectivity index (χ3v) is 9.00. The largest absolute Gasteiger partial charge is 0.477 e. The molecule has 22 heteroatoms. The molecule has 2 aliphatic rings. The van der Waals surface area contributed by atoms with E-state index in [1.165, 1.54) is 23.9 Å². The van der Waals surface area contributed by atoms with Gasteiger partial charge in [-0.3, -0.25) is 24.6 Å². The number of hydrogen-bond acceptors (Lipinski definition) is 13. The van der Waals surface area contributed by atoms with Gasteiger partial charge in [0.25, 0.3) is 11.8 Å². The van der Waals surface area contributed by atoms with Gasteiger partial charge in [0.15, 0.2) is 10.8 Å². The van der Waals surface area contributed by atoms with Crippen LogP contribution in [0.25, 0.3) is 0 Å². The van der Waals surface area contributed by atoms with Crippen LogP contribution in [0.15, 0.2) is 51.2 Å². The minimum absolute atomic E-state index is 0.154. The molecule has 2 aliphatic heterocycles. The van der Waals surface area contributed by atoms with Crippen LogP contribution in [0.1, 0.15) is 11.3 Å². The fourth-order valence-corrected chi connectivity index (χ4v) is 6.85. The first kappa shape index (κ1) is 31.8. The SMILES string of the molecule is O=C(O)C1=C(CSc2nn[nH]n2)CS[C@@H]2C(NC(=O)C(=NOCc3ccc(F)cc3)c3csc(NC(=O)C(F)(F)F)n3)C(=O)N12. The Morgan fingerprint density at radius 1 is 1.24 bits per heavy atom. The zero-order chi connectivity index (χ0) is 32.3. The zero-order valence-corrected chi connectivity index (χ0v) is 24.5. The van der Waals surface area contributed by atoms with Gasteiger partial charge in [-0.1, -0.05) is 29.1 Å². The average Bonchev–Trinajstić information content (AvgIpc) is 3.69. The fourth-order valence-electron chi connectivity index (χ4n) is 3.93. The van der Waals surface area contributed by atoms with Gasteiger partial charge in [0.1, 0.15) is 35.2 Å². The Morgan fingerprint density at radius 2 is 2.00 bits per heavy atom. The number of carboxylic acids is 1. The first-order valence-corrected chi connectivity index (χ1v) is 15.2. The number of carboxylic acid groups (broad SMARTS) is 1. The van der Waals surface area contributed by atoms with Crippen molar-refractivity contribution >= 4 is 69.4 Å². The quantitative estimate of drug-likeness (QED) is 0.0749. The van der Waals surface area contributed by atoms with Crippen molar-refractivity contribution in [3.63, 3.8) is 0 Å². The predicted octanol–water partition coefficient (Wildman–Crippen LogP) is 1.75. The number of β-lactam (4-membered cyclic amide) rings is 1. The molecule has 15 nitrogen and oxygen atoms in total. The van der Waals surface area contributed by atoms with Crippen LogP contribution in [0.3, 0.4) is 0 Å². The molecule has 4 heterocycles. The van der Waals surface area contributed by atoms with Crippen molar-refractivity contribution < 1.29 is 46.7 Å². The van der Waals surface area contributed by atoms with Crippen LogP contribution in [0.2, 0.25) is 0 Å². The summed E-state index contributed by atoms with van der Waals surface area (Å²) < 4.78 is 51.3. The second-order valence-corrected chi connectivity index (χ2v) is 11.8. The molecular weight excluding hydrogens is 671 g/mol. The summed E-state index contributed by atoms with van der Waals surface area (Å²) in [5.41, 5.74) is -0.212. The lowest BCUT2D eigenvalue weighted by atomic mass is 10.0. The highest BCUT2D eigenvalue weighted by Crippen LogP contribution is 2.41. The summed E-state index contributed by atoms with van der Waals surface area (Å²) in [6.45, 7) is -0.245. The Bertz CT molecular complexity index is 1680. The Balaban J connectivity index is 1.33. The van der Waals surface area contributed by atoms with Crippen molar-refractivity contribution in [2.75, 3.05) is 16.8 Å². The summed E-state index contributed by atoms with van der Waals surface area (Å²) >= 11 is 2.87. The lowest BCUT2D eigenvalue weighted by molar-refractivity contribution is -0.167. The van der Waals surface area contributed by atoms with Gasteiger partial charge in [-0.25, -0.2) is 14.2 Å². The molecule has 2 aromatic heterocycles. The minimum Gasteiger partial charge on any atom is -0.477 e. The number of H-pyrrole nitrogens is 1. The number of carbonyl (C=O) groups is 4. The van der Waals surface area contributed by atoms with Crippen molar-refractivity contribution in [2.24, 2.45) is 5.16 Å². The molecule has 4 N–H and O–H groups in total. The molecule has 3 amide bonds. The number of fused-ring (bicyclic) bond motifs is 1. The second-order valence-electron chi connectivity index (χ2n) is 8.93. The van der Waals surface area contributed by atoms with Crippen molar-refractivity contribution in [1.82, 2.24) is 35.8 Å². The number of aliphatic carboxylic acids is 1. The van der Waals surface area contributed by atoms with Crippen molar-refractivity contribution in [1.29, 1.82) is 0 Å². The Labute approximate surface area is 260 Å². The number of oxime groups is 1. The molecule has 3 aromatic rings. The van der Waals surface area contributed by atoms with E-state index in [4.69, 9.17) is 4.84 Å². The number of thiazole rings is 1. The highest BCUT2D eigenvalue weighted by Gasteiger charge is 2.54. The Morgan fingerprint density at radius 3 is 2.67 bits per heavy atom.